The molecule has 3 N–H and O–H groups in total. The Morgan fingerprint density at radius 1 is 1.03 bits per heavy atom. The summed E-state index contributed by atoms with van der Waals surface area (Å²) in [6.07, 6.45) is 0.143. The molecule has 2 heterocycles. The third-order valence-corrected chi connectivity index (χ3v) is 10.2. The van der Waals surface area contributed by atoms with E-state index in [2.05, 4.69) is 4.72 Å². The van der Waals surface area contributed by atoms with Crippen LogP contribution in [0.5, 0.6) is 0 Å². The van der Waals surface area contributed by atoms with Crippen LogP contribution in [0.1, 0.15) is 6.42 Å². The van der Waals surface area contributed by atoms with Gasteiger partial charge in [0.25, 0.3) is 10.0 Å². The SMILES string of the molecule is NS(=O)(=O)c1ccccc1-c1ccc(N2CC[C@H](NS(=O)(=O)c3cc4ccc(Cl)cc4s3)C2=O)c(F)c1. The Balaban J connectivity index is 1.38. The van der Waals surface area contributed by atoms with Crippen molar-refractivity contribution in [1.82, 2.24) is 4.72 Å². The third-order valence-electron chi connectivity index (χ3n) is 5.97. The Morgan fingerprint density at radius 3 is 2.51 bits per heavy atom. The molecule has 1 amide bonds. The van der Waals surface area contributed by atoms with E-state index in [0.717, 1.165) is 17.4 Å². The molecule has 0 aliphatic carbocycles. The minimum atomic E-state index is -4.05. The van der Waals surface area contributed by atoms with Gasteiger partial charge in [-0.15, -0.1) is 11.3 Å². The van der Waals surface area contributed by atoms with E-state index < -0.39 is 37.8 Å². The van der Waals surface area contributed by atoms with E-state index in [4.69, 9.17) is 16.7 Å². The fraction of sp³-hybridized carbons (Fsp3) is 0.125. The largest absolute Gasteiger partial charge is 0.308 e. The molecule has 3 aromatic carbocycles. The second kappa shape index (κ2) is 9.46. The van der Waals surface area contributed by atoms with Crippen molar-refractivity contribution in [3.8, 4) is 11.1 Å². The van der Waals surface area contributed by atoms with Gasteiger partial charge in [0.2, 0.25) is 15.9 Å². The predicted molar refractivity (Wildman–Crippen MR) is 141 cm³/mol. The lowest BCUT2D eigenvalue weighted by atomic mass is 10.0. The average Bonchev–Trinajstić information content (AvgIpc) is 3.42. The fourth-order valence-electron chi connectivity index (χ4n) is 4.23. The van der Waals surface area contributed by atoms with Crippen LogP contribution in [0.2, 0.25) is 5.02 Å². The number of nitrogens with one attached hydrogen (secondary N) is 1. The van der Waals surface area contributed by atoms with E-state index in [1.807, 2.05) is 0 Å². The molecular formula is C24H19ClFN3O5S3. The summed E-state index contributed by atoms with van der Waals surface area (Å²) >= 11 is 7.02. The lowest BCUT2D eigenvalue weighted by Gasteiger charge is -2.19. The average molecular weight is 580 g/mol. The summed E-state index contributed by atoms with van der Waals surface area (Å²) in [4.78, 5) is 14.1. The number of sulfonamides is 2. The van der Waals surface area contributed by atoms with Gasteiger partial charge in [0.1, 0.15) is 16.1 Å². The number of rotatable bonds is 6. The Labute approximate surface area is 221 Å². The molecule has 13 heteroatoms. The number of anilines is 1. The van der Waals surface area contributed by atoms with E-state index in [1.165, 1.54) is 41.3 Å². The van der Waals surface area contributed by atoms with E-state index in [-0.39, 0.29) is 38.9 Å². The molecule has 192 valence electrons. The molecular weight excluding hydrogens is 561 g/mol. The van der Waals surface area contributed by atoms with Gasteiger partial charge in [-0.25, -0.2) is 26.4 Å². The van der Waals surface area contributed by atoms with Crippen molar-refractivity contribution < 1.29 is 26.0 Å². The number of carbonyl (C=O) groups excluding carboxylic acids is 1. The zero-order valence-electron chi connectivity index (χ0n) is 18.9. The van der Waals surface area contributed by atoms with Crippen LogP contribution >= 0.6 is 22.9 Å². The summed E-state index contributed by atoms with van der Waals surface area (Å²) in [6, 6.07) is 15.4. The highest BCUT2D eigenvalue weighted by molar-refractivity contribution is 7.91. The van der Waals surface area contributed by atoms with Gasteiger partial charge in [-0.3, -0.25) is 4.79 Å². The molecule has 0 saturated carbocycles. The van der Waals surface area contributed by atoms with Crippen LogP contribution in [0.4, 0.5) is 10.1 Å². The van der Waals surface area contributed by atoms with Gasteiger partial charge in [0.05, 0.1) is 10.6 Å². The molecule has 1 atom stereocenters. The number of nitrogens with zero attached hydrogens (tertiary/aromatic N) is 1. The maximum Gasteiger partial charge on any atom is 0.250 e. The standard InChI is InChI=1S/C24H19ClFN3O5S3/c25-16-7-5-15-12-23(35-21(15)13-16)37(33,34)28-19-9-10-29(24(19)30)20-8-6-14(11-18(20)26)17-3-1-2-4-22(17)36(27,31)32/h1-8,11-13,19,28H,9-10H2,(H2,27,31,32)/t19-/m0/s1. The second-order valence-corrected chi connectivity index (χ2v) is 13.4. The first-order valence-corrected chi connectivity index (χ1v) is 15.1. The highest BCUT2D eigenvalue weighted by atomic mass is 35.5. The number of amides is 1. The van der Waals surface area contributed by atoms with Gasteiger partial charge in [-0.2, -0.15) is 4.72 Å². The lowest BCUT2D eigenvalue weighted by Crippen LogP contribution is -2.41. The van der Waals surface area contributed by atoms with Crippen LogP contribution in [0.3, 0.4) is 0 Å². The number of benzene rings is 3. The Hall–Kier alpha value is -2.87. The van der Waals surface area contributed by atoms with Crippen LogP contribution in [-0.2, 0) is 24.8 Å². The first-order valence-electron chi connectivity index (χ1n) is 10.9. The van der Waals surface area contributed by atoms with Gasteiger partial charge in [-0.1, -0.05) is 41.9 Å². The highest BCUT2D eigenvalue weighted by Crippen LogP contribution is 2.34. The second-order valence-electron chi connectivity index (χ2n) is 8.41. The molecule has 1 aliphatic heterocycles. The molecule has 0 spiro atoms. The number of hydrogen-bond donors (Lipinski definition) is 2. The van der Waals surface area contributed by atoms with Crippen molar-refractivity contribution >= 4 is 64.7 Å². The fourth-order valence-corrected chi connectivity index (χ4v) is 7.91. The third kappa shape index (κ3) is 5.00. The summed E-state index contributed by atoms with van der Waals surface area (Å²) in [5, 5.41) is 6.47. The van der Waals surface area contributed by atoms with Crippen molar-refractivity contribution in [2.45, 2.75) is 21.6 Å². The first kappa shape index (κ1) is 25.8. The lowest BCUT2D eigenvalue weighted by molar-refractivity contribution is -0.118. The van der Waals surface area contributed by atoms with Crippen LogP contribution in [-0.4, -0.2) is 35.3 Å². The summed E-state index contributed by atoms with van der Waals surface area (Å²) in [6.45, 7) is 0.0953. The van der Waals surface area contributed by atoms with Gasteiger partial charge in [0, 0.05) is 21.8 Å². The van der Waals surface area contributed by atoms with E-state index in [9.17, 15) is 21.6 Å². The highest BCUT2D eigenvalue weighted by Gasteiger charge is 2.37. The number of primary sulfonamides is 1. The molecule has 1 aromatic heterocycles. The minimum absolute atomic E-state index is 0.0416. The van der Waals surface area contributed by atoms with Crippen LogP contribution in [0.15, 0.2) is 75.8 Å². The van der Waals surface area contributed by atoms with Crippen molar-refractivity contribution in [3.05, 3.63) is 77.6 Å². The molecule has 4 aromatic rings. The molecule has 0 unspecified atom stereocenters. The van der Waals surface area contributed by atoms with E-state index >= 15 is 4.39 Å². The number of carbonyl (C=O) groups is 1. The summed E-state index contributed by atoms with van der Waals surface area (Å²) < 4.78 is 68.1. The molecule has 0 radical (unpaired) electrons. The Kier molecular flexibility index (Phi) is 6.59. The van der Waals surface area contributed by atoms with Crippen molar-refractivity contribution in [2.24, 2.45) is 5.14 Å². The zero-order chi connectivity index (χ0) is 26.5. The van der Waals surface area contributed by atoms with Crippen molar-refractivity contribution in [3.63, 3.8) is 0 Å². The predicted octanol–water partition coefficient (Wildman–Crippen LogP) is 4.09. The summed E-state index contributed by atoms with van der Waals surface area (Å²) in [5.41, 5.74) is 0.443. The smallest absolute Gasteiger partial charge is 0.250 e. The van der Waals surface area contributed by atoms with Crippen molar-refractivity contribution in [1.29, 1.82) is 0 Å². The topological polar surface area (TPSA) is 127 Å². The number of thiophene rings is 1. The quantitative estimate of drug-likeness (QED) is 0.356. The van der Waals surface area contributed by atoms with E-state index in [1.54, 1.807) is 24.3 Å². The molecule has 8 nitrogen and oxygen atoms in total. The number of hydrogen-bond acceptors (Lipinski definition) is 6. The molecule has 1 saturated heterocycles. The molecule has 0 bridgehead atoms. The summed E-state index contributed by atoms with van der Waals surface area (Å²) in [5.74, 6) is -1.36. The minimum Gasteiger partial charge on any atom is -0.308 e. The maximum absolute atomic E-state index is 15.1. The summed E-state index contributed by atoms with van der Waals surface area (Å²) in [7, 11) is -8.06. The maximum atomic E-state index is 15.1. The van der Waals surface area contributed by atoms with Crippen LogP contribution < -0.4 is 14.8 Å². The van der Waals surface area contributed by atoms with Gasteiger partial charge >= 0.3 is 0 Å². The first-order chi connectivity index (χ1) is 17.4. The molecule has 1 fully saturated rings. The van der Waals surface area contributed by atoms with Gasteiger partial charge in [-0.05, 0) is 53.8 Å². The van der Waals surface area contributed by atoms with E-state index in [0.29, 0.717) is 15.1 Å². The molecule has 5 rings (SSSR count). The molecule has 1 aliphatic rings. The normalized spacial score (nSPS) is 16.6. The Bertz CT molecular complexity index is 1770. The van der Waals surface area contributed by atoms with Gasteiger partial charge in [0.15, 0.2) is 0 Å². The monoisotopic (exact) mass is 579 g/mol. The van der Waals surface area contributed by atoms with Crippen LogP contribution in [0, 0.1) is 5.82 Å². The molecule has 37 heavy (non-hydrogen) atoms. The zero-order valence-corrected chi connectivity index (χ0v) is 22.1. The van der Waals surface area contributed by atoms with Gasteiger partial charge < -0.3 is 4.90 Å². The van der Waals surface area contributed by atoms with Crippen molar-refractivity contribution in [2.75, 3.05) is 11.4 Å². The number of nitrogens with two attached hydrogens (primary N) is 1. The number of halogens is 2. The van der Waals surface area contributed by atoms with Crippen LogP contribution in [0.25, 0.3) is 21.2 Å². The number of fused-ring (bicyclic) bond motifs is 1. The Morgan fingerprint density at radius 2 is 1.78 bits per heavy atom.